The van der Waals surface area contributed by atoms with Gasteiger partial charge in [0.05, 0.1) is 28.3 Å². The molecule has 0 amide bonds. The normalized spacial score (nSPS) is 12.7. The van der Waals surface area contributed by atoms with E-state index in [1.54, 1.807) is 24.9 Å². The van der Waals surface area contributed by atoms with Gasteiger partial charge in [-0.15, -0.1) is 0 Å². The summed E-state index contributed by atoms with van der Waals surface area (Å²) in [5.41, 5.74) is 2.95. The van der Waals surface area contributed by atoms with E-state index in [0.717, 1.165) is 16.7 Å². The molecule has 0 aliphatic carbocycles. The largest absolute Gasteiger partial charge is 0.481 e. The first kappa shape index (κ1) is 31.7. The number of carbonyl (C=O) groups is 1. The van der Waals surface area contributed by atoms with Gasteiger partial charge in [-0.05, 0) is 67.3 Å². The van der Waals surface area contributed by atoms with E-state index in [-0.39, 0.29) is 11.3 Å². The van der Waals surface area contributed by atoms with Crippen LogP contribution in [0.25, 0.3) is 33.4 Å². The van der Waals surface area contributed by atoms with Crippen LogP contribution in [0.2, 0.25) is 0 Å². The fourth-order valence-corrected chi connectivity index (χ4v) is 6.63. The third-order valence-electron chi connectivity index (χ3n) is 9.73. The number of hydrogen-bond acceptors (Lipinski definition) is 3. The van der Waals surface area contributed by atoms with Gasteiger partial charge in [0.15, 0.2) is 0 Å². The Morgan fingerprint density at radius 2 is 1.29 bits per heavy atom. The van der Waals surface area contributed by atoms with Gasteiger partial charge >= 0.3 is 5.97 Å². The van der Waals surface area contributed by atoms with E-state index in [9.17, 15) is 9.90 Å². The maximum Gasteiger partial charge on any atom is 0.311 e. The number of rotatable bonds is 9. The number of imidazole rings is 1. The Balaban J connectivity index is 1.56. The van der Waals surface area contributed by atoms with Crippen molar-refractivity contribution in [3.8, 4) is 22.4 Å². The van der Waals surface area contributed by atoms with E-state index in [4.69, 9.17) is 5.10 Å². The summed E-state index contributed by atoms with van der Waals surface area (Å²) in [5.74, 6) is -2.41. The molecule has 7 rings (SSSR count). The third-order valence-corrected chi connectivity index (χ3v) is 9.73. The molecule has 0 bridgehead atoms. The van der Waals surface area contributed by atoms with Gasteiger partial charge in [-0.2, -0.15) is 5.10 Å². The molecule has 2 aromatic heterocycles. The summed E-state index contributed by atoms with van der Waals surface area (Å²) in [6.07, 6.45) is 3.48. The zero-order chi connectivity index (χ0) is 34.3. The Labute approximate surface area is 282 Å². The smallest absolute Gasteiger partial charge is 0.311 e. The average Bonchev–Trinajstić information content (AvgIpc) is 3.74. The van der Waals surface area contributed by atoms with Crippen molar-refractivity contribution in [2.24, 2.45) is 5.41 Å². The molecule has 49 heavy (non-hydrogen) atoms. The fraction of sp³-hybridized carbons (Fsp3) is 0.146. The lowest BCUT2D eigenvalue weighted by molar-refractivity contribution is -0.149. The quantitative estimate of drug-likeness (QED) is 0.158. The number of aliphatic carboxylic acids is 1. The third kappa shape index (κ3) is 5.20. The summed E-state index contributed by atoms with van der Waals surface area (Å²) in [4.78, 5) is 16.7. The molecule has 5 aromatic carbocycles. The van der Waals surface area contributed by atoms with E-state index in [1.807, 2.05) is 127 Å². The van der Waals surface area contributed by atoms with E-state index in [2.05, 4.69) is 4.98 Å². The first-order valence-corrected chi connectivity index (χ1v) is 16.1. The van der Waals surface area contributed by atoms with Gasteiger partial charge in [-0.3, -0.25) is 9.48 Å². The molecule has 8 heteroatoms. The van der Waals surface area contributed by atoms with Gasteiger partial charge in [0.2, 0.25) is 0 Å². The highest BCUT2D eigenvalue weighted by Crippen LogP contribution is 2.44. The lowest BCUT2D eigenvalue weighted by atomic mass is 9.77. The number of halogens is 2. The Bertz CT molecular complexity index is 2160. The standard InChI is InChI=1S/C41H34F2N4O2/c1-27(40(2,3)39(48)49)46-26-44-35-23-22-28(24-36(35)46)32-25-47(45-38(32)37-33(42)20-13-21-34(37)43)41(29-14-7-4-8-15-29,30-16-9-5-10-17-30)31-18-11-6-12-19-31/h4-27H,1-3H3,(H,48,49). The van der Waals surface area contributed by atoms with Crippen LogP contribution in [0.5, 0.6) is 0 Å². The van der Waals surface area contributed by atoms with Crippen molar-refractivity contribution in [3.05, 3.63) is 168 Å². The van der Waals surface area contributed by atoms with Crippen LogP contribution in [0.15, 0.2) is 140 Å². The Morgan fingerprint density at radius 1 is 0.755 bits per heavy atom. The van der Waals surface area contributed by atoms with Gasteiger partial charge in [-0.1, -0.05) is 103 Å². The predicted molar refractivity (Wildman–Crippen MR) is 187 cm³/mol. The van der Waals surface area contributed by atoms with Crippen molar-refractivity contribution in [3.63, 3.8) is 0 Å². The molecule has 244 valence electrons. The SMILES string of the molecule is CC(n1cnc2ccc(-c3cn(C(c4ccccc4)(c4ccccc4)c4ccccc4)nc3-c3c(F)cccc3F)cc21)C(C)(C)C(=O)O. The first-order valence-electron chi connectivity index (χ1n) is 16.1. The second-order valence-corrected chi connectivity index (χ2v) is 12.8. The maximum absolute atomic E-state index is 15.7. The van der Waals surface area contributed by atoms with Gasteiger partial charge < -0.3 is 9.67 Å². The van der Waals surface area contributed by atoms with E-state index in [1.165, 1.54) is 18.2 Å². The van der Waals surface area contributed by atoms with Crippen molar-refractivity contribution in [2.75, 3.05) is 0 Å². The van der Waals surface area contributed by atoms with Gasteiger partial charge in [0.25, 0.3) is 0 Å². The summed E-state index contributed by atoms with van der Waals surface area (Å²) in [7, 11) is 0. The number of carboxylic acid groups (broad SMARTS) is 1. The number of benzene rings is 5. The molecule has 7 aromatic rings. The van der Waals surface area contributed by atoms with Gasteiger partial charge in [-0.25, -0.2) is 13.8 Å². The average molecular weight is 653 g/mol. The van der Waals surface area contributed by atoms with E-state index in [0.29, 0.717) is 22.2 Å². The zero-order valence-corrected chi connectivity index (χ0v) is 27.3. The molecule has 0 radical (unpaired) electrons. The van der Waals surface area contributed by atoms with Crippen molar-refractivity contribution >= 4 is 17.0 Å². The molecule has 1 unspecified atom stereocenters. The van der Waals surface area contributed by atoms with Crippen molar-refractivity contribution < 1.29 is 18.7 Å². The molecule has 6 nitrogen and oxygen atoms in total. The maximum atomic E-state index is 15.7. The van der Waals surface area contributed by atoms with Crippen LogP contribution >= 0.6 is 0 Å². The van der Waals surface area contributed by atoms with Crippen LogP contribution in [0, 0.1) is 17.0 Å². The summed E-state index contributed by atoms with van der Waals surface area (Å²) < 4.78 is 35.1. The Morgan fingerprint density at radius 3 is 1.80 bits per heavy atom. The minimum absolute atomic E-state index is 0.132. The molecule has 0 aliphatic rings. The molecule has 0 fully saturated rings. The monoisotopic (exact) mass is 652 g/mol. The number of hydrogen-bond donors (Lipinski definition) is 1. The van der Waals surface area contributed by atoms with Crippen LogP contribution in [-0.2, 0) is 10.3 Å². The lowest BCUT2D eigenvalue weighted by Gasteiger charge is -2.36. The number of nitrogens with zero attached hydrogens (tertiary/aromatic N) is 4. The molecular formula is C41H34F2N4O2. The zero-order valence-electron chi connectivity index (χ0n) is 27.3. The highest BCUT2D eigenvalue weighted by Gasteiger charge is 2.41. The molecule has 0 saturated carbocycles. The number of carboxylic acids is 1. The van der Waals surface area contributed by atoms with Gasteiger partial charge in [0, 0.05) is 17.8 Å². The molecule has 1 N–H and O–H groups in total. The fourth-order valence-electron chi connectivity index (χ4n) is 6.63. The first-order chi connectivity index (χ1) is 23.6. The molecule has 2 heterocycles. The van der Waals surface area contributed by atoms with Crippen LogP contribution in [-0.4, -0.2) is 30.4 Å². The van der Waals surface area contributed by atoms with Crippen molar-refractivity contribution in [1.82, 2.24) is 19.3 Å². The summed E-state index contributed by atoms with van der Waals surface area (Å²) in [6.45, 7) is 5.19. The highest BCUT2D eigenvalue weighted by atomic mass is 19.1. The van der Waals surface area contributed by atoms with Gasteiger partial charge in [0.1, 0.15) is 22.9 Å². The summed E-state index contributed by atoms with van der Waals surface area (Å²) >= 11 is 0. The van der Waals surface area contributed by atoms with Crippen molar-refractivity contribution in [2.45, 2.75) is 32.4 Å². The predicted octanol–water partition coefficient (Wildman–Crippen LogP) is 9.36. The van der Waals surface area contributed by atoms with Crippen LogP contribution in [0.1, 0.15) is 43.5 Å². The molecule has 0 aliphatic heterocycles. The molecule has 1 atom stereocenters. The van der Waals surface area contributed by atoms with Crippen LogP contribution in [0.4, 0.5) is 8.78 Å². The number of aromatic nitrogens is 4. The minimum atomic E-state index is -1.10. The molecular weight excluding hydrogens is 618 g/mol. The van der Waals surface area contributed by atoms with E-state index >= 15 is 8.78 Å². The minimum Gasteiger partial charge on any atom is -0.481 e. The van der Waals surface area contributed by atoms with Crippen LogP contribution in [0.3, 0.4) is 0 Å². The van der Waals surface area contributed by atoms with Crippen LogP contribution < -0.4 is 0 Å². The second kappa shape index (κ2) is 12.3. The summed E-state index contributed by atoms with van der Waals surface area (Å²) in [5, 5.41) is 15.1. The second-order valence-electron chi connectivity index (χ2n) is 12.8. The highest BCUT2D eigenvalue weighted by molar-refractivity contribution is 5.88. The Kier molecular flexibility index (Phi) is 7.95. The summed E-state index contributed by atoms with van der Waals surface area (Å²) in [6, 6.07) is 38.7. The molecule has 0 spiro atoms. The Hall–Kier alpha value is -5.89. The van der Waals surface area contributed by atoms with Crippen molar-refractivity contribution in [1.29, 1.82) is 0 Å². The van der Waals surface area contributed by atoms with E-state index < -0.39 is 34.6 Å². The lowest BCUT2D eigenvalue weighted by Crippen LogP contribution is -2.38. The number of fused-ring (bicyclic) bond motifs is 1. The topological polar surface area (TPSA) is 72.9 Å². The molecule has 0 saturated heterocycles.